The third-order valence-electron chi connectivity index (χ3n) is 7.79. The first-order chi connectivity index (χ1) is 19.5. The zero-order chi connectivity index (χ0) is 27.2. The van der Waals surface area contributed by atoms with Gasteiger partial charge in [0.2, 0.25) is 0 Å². The summed E-state index contributed by atoms with van der Waals surface area (Å²) in [4.78, 5) is 37.6. The van der Waals surface area contributed by atoms with Crippen molar-refractivity contribution in [1.82, 2.24) is 24.8 Å². The number of aromatic nitrogens is 3. The van der Waals surface area contributed by atoms with Crippen molar-refractivity contribution in [2.75, 3.05) is 18.4 Å². The molecule has 0 spiro atoms. The number of aryl methyl sites for hydroxylation is 1. The van der Waals surface area contributed by atoms with Gasteiger partial charge in [-0.25, -0.2) is 14.4 Å². The van der Waals surface area contributed by atoms with Crippen LogP contribution < -0.4 is 15.4 Å². The van der Waals surface area contributed by atoms with E-state index in [2.05, 4.69) is 20.6 Å². The fourth-order valence-electron chi connectivity index (χ4n) is 5.81. The van der Waals surface area contributed by atoms with Gasteiger partial charge in [-0.05, 0) is 61.2 Å². The predicted molar refractivity (Wildman–Crippen MR) is 155 cm³/mol. The van der Waals surface area contributed by atoms with E-state index in [0.717, 1.165) is 55.9 Å². The number of fused-ring (bicyclic) bond motifs is 2. The molecular weight excluding hydrogens is 567 g/mol. The molecule has 0 saturated carbocycles. The van der Waals surface area contributed by atoms with Crippen molar-refractivity contribution in [3.63, 3.8) is 0 Å². The summed E-state index contributed by atoms with van der Waals surface area (Å²) in [7, 11) is 0. The lowest BCUT2D eigenvalue weighted by molar-refractivity contribution is -0.121. The number of imidazole rings is 1. The fraction of sp³-hybridized carbons (Fsp3) is 0.310. The van der Waals surface area contributed by atoms with Crippen LogP contribution in [0.3, 0.4) is 0 Å². The number of carbonyl (C=O) groups is 2. The molecule has 12 heteroatoms. The zero-order valence-corrected chi connectivity index (χ0v) is 23.6. The lowest BCUT2D eigenvalue weighted by Crippen LogP contribution is -2.38. The molecule has 2 unspecified atom stereocenters. The second kappa shape index (κ2) is 11.2. The van der Waals surface area contributed by atoms with Crippen LogP contribution in [-0.2, 0) is 24.3 Å². The van der Waals surface area contributed by atoms with E-state index in [1.165, 1.54) is 22.3 Å². The average molecular weight is 595 g/mol. The van der Waals surface area contributed by atoms with Crippen LogP contribution in [0.1, 0.15) is 46.2 Å². The number of amides is 2. The Morgan fingerprint density at radius 1 is 1.20 bits per heavy atom. The molecule has 2 amide bonds. The van der Waals surface area contributed by atoms with Gasteiger partial charge in [-0.3, -0.25) is 14.9 Å². The molecule has 0 aliphatic carbocycles. The Morgan fingerprint density at radius 2 is 2.05 bits per heavy atom. The fourth-order valence-corrected chi connectivity index (χ4v) is 6.34. The van der Waals surface area contributed by atoms with Gasteiger partial charge < -0.3 is 19.5 Å². The van der Waals surface area contributed by atoms with E-state index in [0.29, 0.717) is 16.4 Å². The number of thiazole rings is 1. The average Bonchev–Trinajstić information content (AvgIpc) is 3.78. The molecule has 2 atom stereocenters. The van der Waals surface area contributed by atoms with Gasteiger partial charge in [0.05, 0.1) is 18.6 Å². The minimum atomic E-state index is -1.01. The molecule has 1 fully saturated rings. The number of nitrogens with one attached hydrogen (secondary N) is 2. The molecule has 41 heavy (non-hydrogen) atoms. The minimum absolute atomic E-state index is 0. The topological polar surface area (TPSA) is 101 Å². The first kappa shape index (κ1) is 27.4. The van der Waals surface area contributed by atoms with E-state index in [4.69, 9.17) is 4.74 Å². The summed E-state index contributed by atoms with van der Waals surface area (Å²) in [5.74, 6) is -0.542. The molecule has 2 aromatic heterocycles. The quantitative estimate of drug-likeness (QED) is 0.325. The summed E-state index contributed by atoms with van der Waals surface area (Å²) in [6.45, 7) is 2.56. The van der Waals surface area contributed by atoms with Gasteiger partial charge >= 0.3 is 0 Å². The number of hydrogen-bond donors (Lipinski definition) is 2. The van der Waals surface area contributed by atoms with Crippen LogP contribution in [0.25, 0.3) is 11.1 Å². The number of benzene rings is 2. The highest BCUT2D eigenvalue weighted by molar-refractivity contribution is 7.13. The lowest BCUT2D eigenvalue weighted by atomic mass is 9.99. The van der Waals surface area contributed by atoms with Crippen molar-refractivity contribution in [2.24, 2.45) is 0 Å². The molecular formula is C29H28ClFN6O3S. The van der Waals surface area contributed by atoms with Gasteiger partial charge in [0.1, 0.15) is 17.7 Å². The Labute approximate surface area is 246 Å². The maximum absolute atomic E-state index is 15.5. The van der Waals surface area contributed by atoms with Crippen LogP contribution in [-0.4, -0.2) is 50.4 Å². The summed E-state index contributed by atoms with van der Waals surface area (Å²) in [5, 5.41) is 8.29. The van der Waals surface area contributed by atoms with Gasteiger partial charge in [-0.1, -0.05) is 12.1 Å². The molecule has 4 aromatic rings. The molecule has 212 valence electrons. The van der Waals surface area contributed by atoms with Crippen molar-refractivity contribution in [1.29, 1.82) is 0 Å². The first-order valence-electron chi connectivity index (χ1n) is 13.4. The highest BCUT2D eigenvalue weighted by atomic mass is 35.5. The Kier molecular flexibility index (Phi) is 7.50. The number of carbonyl (C=O) groups excluding carboxylic acids is 2. The van der Waals surface area contributed by atoms with Gasteiger partial charge in [0, 0.05) is 41.5 Å². The molecule has 7 rings (SSSR count). The molecule has 9 nitrogen and oxygen atoms in total. The van der Waals surface area contributed by atoms with E-state index in [1.807, 2.05) is 28.8 Å². The number of hydrogen-bond acceptors (Lipinski definition) is 7. The van der Waals surface area contributed by atoms with Crippen molar-refractivity contribution >= 4 is 40.7 Å². The zero-order valence-electron chi connectivity index (χ0n) is 22.0. The van der Waals surface area contributed by atoms with Gasteiger partial charge in [0.15, 0.2) is 11.2 Å². The van der Waals surface area contributed by atoms with Crippen molar-refractivity contribution in [3.05, 3.63) is 82.6 Å². The maximum atomic E-state index is 15.5. The van der Waals surface area contributed by atoms with Crippen molar-refractivity contribution in [2.45, 2.75) is 44.5 Å². The molecule has 1 saturated heterocycles. The monoisotopic (exact) mass is 594 g/mol. The first-order valence-corrected chi connectivity index (χ1v) is 14.3. The van der Waals surface area contributed by atoms with Crippen LogP contribution in [0.2, 0.25) is 0 Å². The number of anilines is 1. The Hall–Kier alpha value is -3.80. The predicted octanol–water partition coefficient (Wildman–Crippen LogP) is 4.59. The Balaban J connectivity index is 0.00000302. The lowest BCUT2D eigenvalue weighted by Gasteiger charge is -2.26. The molecule has 2 aromatic carbocycles. The summed E-state index contributed by atoms with van der Waals surface area (Å²) < 4.78 is 23.5. The molecule has 0 radical (unpaired) electrons. The maximum Gasteiger partial charge on any atom is 0.255 e. The number of rotatable bonds is 7. The van der Waals surface area contributed by atoms with E-state index >= 15 is 4.39 Å². The smallest absolute Gasteiger partial charge is 0.255 e. The van der Waals surface area contributed by atoms with Crippen molar-refractivity contribution < 1.29 is 18.7 Å². The summed E-state index contributed by atoms with van der Waals surface area (Å²) in [6, 6.07) is 9.62. The molecule has 3 aliphatic rings. The second-order valence-electron chi connectivity index (χ2n) is 10.3. The molecule has 0 bridgehead atoms. The SMILES string of the molecule is Cl.O=C(Nc1nccs1)C(c1ncn2c1CCC2)N1Cc2c(F)cc(-c3ccc(OC4CCNC4)cc3)cc2C1=O. The highest BCUT2D eigenvalue weighted by Gasteiger charge is 2.42. The van der Waals surface area contributed by atoms with Crippen LogP contribution in [0.4, 0.5) is 9.52 Å². The Bertz CT molecular complexity index is 1590. The number of ether oxygens (including phenoxy) is 1. The number of nitrogens with zero attached hydrogens (tertiary/aromatic N) is 4. The molecule has 2 N–H and O–H groups in total. The van der Waals surface area contributed by atoms with Gasteiger partial charge in [-0.2, -0.15) is 0 Å². The second-order valence-corrected chi connectivity index (χ2v) is 11.2. The van der Waals surface area contributed by atoms with Gasteiger partial charge in [0.25, 0.3) is 11.8 Å². The number of halogens is 2. The van der Waals surface area contributed by atoms with Crippen LogP contribution in [0.5, 0.6) is 5.75 Å². The third kappa shape index (κ3) is 5.09. The van der Waals surface area contributed by atoms with E-state index in [-0.39, 0.29) is 36.2 Å². The van der Waals surface area contributed by atoms with E-state index in [1.54, 1.807) is 24.0 Å². The minimum Gasteiger partial charge on any atom is -0.489 e. The standard InChI is InChI=1S/C29H27FN6O3S.ClH/c30-23-13-18(17-3-5-19(6-4-17)39-20-7-8-31-14-20)12-21-22(23)15-36(28(21)38)26(27(37)34-29-32-9-11-40-29)25-24-2-1-10-35(24)16-33-25;/h3-6,9,11-13,16,20,26,31H,1-2,7-8,10,14-15H2,(H,32,34,37);1H. The summed E-state index contributed by atoms with van der Waals surface area (Å²) in [5.41, 5.74) is 3.36. The summed E-state index contributed by atoms with van der Waals surface area (Å²) in [6.07, 6.45) is 6.12. The van der Waals surface area contributed by atoms with E-state index < -0.39 is 23.7 Å². The highest BCUT2D eigenvalue weighted by Crippen LogP contribution is 2.38. The Morgan fingerprint density at radius 3 is 2.80 bits per heavy atom. The normalized spacial score (nSPS) is 18.1. The molecule has 3 aliphatic heterocycles. The van der Waals surface area contributed by atoms with E-state index in [9.17, 15) is 9.59 Å². The van der Waals surface area contributed by atoms with Crippen LogP contribution in [0, 0.1) is 5.82 Å². The van der Waals surface area contributed by atoms with Crippen molar-refractivity contribution in [3.8, 4) is 16.9 Å². The molecule has 5 heterocycles. The van der Waals surface area contributed by atoms with Crippen LogP contribution >= 0.6 is 23.7 Å². The third-order valence-corrected chi connectivity index (χ3v) is 8.48. The largest absolute Gasteiger partial charge is 0.489 e. The van der Waals surface area contributed by atoms with Crippen LogP contribution in [0.15, 0.2) is 54.3 Å². The van der Waals surface area contributed by atoms with Gasteiger partial charge in [-0.15, -0.1) is 23.7 Å². The summed E-state index contributed by atoms with van der Waals surface area (Å²) >= 11 is 1.29.